The number of carbonyl (C=O) groups excluding carboxylic acids is 1. The van der Waals surface area contributed by atoms with E-state index in [1.54, 1.807) is 41.3 Å². The van der Waals surface area contributed by atoms with Crippen LogP contribution in [-0.4, -0.2) is 40.2 Å². The number of halogens is 1. The third-order valence-corrected chi connectivity index (χ3v) is 10.3. The minimum atomic E-state index is -0.934. The summed E-state index contributed by atoms with van der Waals surface area (Å²) in [5.74, 6) is -1.03. The van der Waals surface area contributed by atoms with Crippen LogP contribution in [0.2, 0.25) is 0 Å². The van der Waals surface area contributed by atoms with E-state index in [0.717, 1.165) is 35.1 Å². The van der Waals surface area contributed by atoms with Gasteiger partial charge >= 0.3 is 5.69 Å². The Morgan fingerprint density at radius 1 is 0.789 bits per heavy atom. The maximum Gasteiger partial charge on any atom is 0.330 e. The summed E-state index contributed by atoms with van der Waals surface area (Å²) < 4.78 is 18.2. The molecule has 0 saturated heterocycles. The highest BCUT2D eigenvalue weighted by molar-refractivity contribution is 6.01. The van der Waals surface area contributed by atoms with Crippen LogP contribution in [0, 0.1) is 5.82 Å². The van der Waals surface area contributed by atoms with Gasteiger partial charge in [0.2, 0.25) is 5.82 Å². The Labute approximate surface area is 326 Å². The average Bonchev–Trinajstić information content (AvgIpc) is 3.92. The Morgan fingerprint density at radius 3 is 1.98 bits per heavy atom. The lowest BCUT2D eigenvalue weighted by Crippen LogP contribution is -2.38. The zero-order chi connectivity index (χ0) is 39.4. The molecule has 12 heteroatoms. The largest absolute Gasteiger partial charge is 0.336 e. The molecule has 3 aromatic heterocycles. The van der Waals surface area contributed by atoms with Gasteiger partial charge in [-0.1, -0.05) is 135 Å². The lowest BCUT2D eigenvalue weighted by Gasteiger charge is -2.35. The van der Waals surface area contributed by atoms with Crippen molar-refractivity contribution in [3.63, 3.8) is 0 Å². The number of carbonyl (C=O) groups is 1. The van der Waals surface area contributed by atoms with Crippen LogP contribution >= 0.6 is 0 Å². The Balaban J connectivity index is 1.12. The van der Waals surface area contributed by atoms with E-state index >= 15 is 4.39 Å². The van der Waals surface area contributed by atoms with Gasteiger partial charge in [-0.25, -0.2) is 23.8 Å². The normalized spacial score (nSPS) is 12.1. The molecule has 11 nitrogen and oxygen atoms in total. The fraction of sp³-hybridized carbons (Fsp3) is 0.156. The molecule has 0 spiro atoms. The van der Waals surface area contributed by atoms with Gasteiger partial charge in [-0.2, -0.15) is 0 Å². The summed E-state index contributed by atoms with van der Waals surface area (Å²) in [6, 6.07) is 43.6. The number of aromatic amines is 2. The molecule has 5 aromatic carbocycles. The lowest BCUT2D eigenvalue weighted by molar-refractivity contribution is 0.101. The molecule has 1 amide bonds. The predicted octanol–water partition coefficient (Wildman–Crippen LogP) is 7.41. The Morgan fingerprint density at radius 2 is 1.39 bits per heavy atom. The van der Waals surface area contributed by atoms with Crippen LogP contribution in [0.25, 0.3) is 11.2 Å². The molecule has 0 radical (unpaired) electrons. The van der Waals surface area contributed by atoms with Gasteiger partial charge in [0.1, 0.15) is 29.0 Å². The van der Waals surface area contributed by atoms with Gasteiger partial charge in [0, 0.05) is 18.2 Å². The highest BCUT2D eigenvalue weighted by atomic mass is 19.1. The number of unbranched alkanes of at least 4 members (excludes halogenated alkanes) is 1. The SMILES string of the molecule is CCCCn1c(=O)[nH]c(=O)c2[nH]c(C(Cc3ccccc3F)c3ccc(NC(=O)c4ncn(C(c5ccccc5)(c5ccccc5)c5ccccc5)n4)cc3)nc21. The highest BCUT2D eigenvalue weighted by Crippen LogP contribution is 2.40. The van der Waals surface area contributed by atoms with Crippen molar-refractivity contribution in [3.8, 4) is 0 Å². The lowest BCUT2D eigenvalue weighted by atomic mass is 9.77. The summed E-state index contributed by atoms with van der Waals surface area (Å²) in [6.45, 7) is 2.40. The van der Waals surface area contributed by atoms with E-state index in [1.807, 2.05) is 110 Å². The second-order valence-corrected chi connectivity index (χ2v) is 13.8. The molecular weight excluding hydrogens is 720 g/mol. The zero-order valence-electron chi connectivity index (χ0n) is 31.1. The third kappa shape index (κ3) is 7.08. The molecule has 3 heterocycles. The molecule has 0 aliphatic carbocycles. The third-order valence-electron chi connectivity index (χ3n) is 10.3. The first-order valence-electron chi connectivity index (χ1n) is 18.8. The van der Waals surface area contributed by atoms with Crippen LogP contribution in [0.5, 0.6) is 0 Å². The second-order valence-electron chi connectivity index (χ2n) is 13.8. The fourth-order valence-corrected chi connectivity index (χ4v) is 7.45. The van der Waals surface area contributed by atoms with E-state index in [0.29, 0.717) is 23.6 Å². The molecule has 0 aliphatic heterocycles. The van der Waals surface area contributed by atoms with Gasteiger partial charge in [0.25, 0.3) is 11.5 Å². The number of nitrogens with one attached hydrogen (secondary N) is 3. The Bertz CT molecular complexity index is 2660. The molecule has 1 unspecified atom stereocenters. The summed E-state index contributed by atoms with van der Waals surface area (Å²) >= 11 is 0. The van der Waals surface area contributed by atoms with Crippen LogP contribution in [0.15, 0.2) is 155 Å². The van der Waals surface area contributed by atoms with Gasteiger partial charge in [-0.15, -0.1) is 5.10 Å². The molecular formula is C45H39FN8O3. The minimum Gasteiger partial charge on any atom is -0.336 e. The number of imidazole rings is 1. The van der Waals surface area contributed by atoms with Gasteiger partial charge in [-0.05, 0) is 58.9 Å². The summed E-state index contributed by atoms with van der Waals surface area (Å²) in [5, 5.41) is 7.73. The number of aromatic nitrogens is 7. The number of amides is 1. The first-order valence-corrected chi connectivity index (χ1v) is 18.8. The van der Waals surface area contributed by atoms with Crippen molar-refractivity contribution in [2.24, 2.45) is 0 Å². The van der Waals surface area contributed by atoms with Gasteiger partial charge in [0.15, 0.2) is 5.65 Å². The number of hydrogen-bond acceptors (Lipinski definition) is 6. The van der Waals surface area contributed by atoms with E-state index in [1.165, 1.54) is 10.6 Å². The number of benzene rings is 5. The summed E-state index contributed by atoms with van der Waals surface area (Å²) in [7, 11) is 0. The van der Waals surface area contributed by atoms with Crippen molar-refractivity contribution >= 4 is 22.8 Å². The number of hydrogen-bond donors (Lipinski definition) is 3. The number of fused-ring (bicyclic) bond motifs is 1. The number of nitrogens with zero attached hydrogens (tertiary/aromatic N) is 5. The zero-order valence-corrected chi connectivity index (χ0v) is 31.1. The molecule has 57 heavy (non-hydrogen) atoms. The van der Waals surface area contributed by atoms with Crippen molar-refractivity contribution in [2.75, 3.05) is 5.32 Å². The van der Waals surface area contributed by atoms with Crippen LogP contribution in [0.3, 0.4) is 0 Å². The molecule has 1 atom stereocenters. The number of aryl methyl sites for hydroxylation is 1. The predicted molar refractivity (Wildman–Crippen MR) is 217 cm³/mol. The van der Waals surface area contributed by atoms with Crippen LogP contribution in [0.4, 0.5) is 10.1 Å². The van der Waals surface area contributed by atoms with Gasteiger partial charge in [-0.3, -0.25) is 19.1 Å². The van der Waals surface area contributed by atoms with Crippen LogP contribution in [0.1, 0.15) is 69.9 Å². The maximum absolute atomic E-state index is 15.0. The molecule has 0 saturated carbocycles. The number of anilines is 1. The smallest absolute Gasteiger partial charge is 0.330 e. The molecule has 8 aromatic rings. The van der Waals surface area contributed by atoms with Crippen LogP contribution < -0.4 is 16.6 Å². The van der Waals surface area contributed by atoms with Crippen molar-refractivity contribution in [2.45, 2.75) is 44.2 Å². The van der Waals surface area contributed by atoms with Crippen LogP contribution in [-0.2, 0) is 18.5 Å². The standard InChI is InChI=1S/C45H39FN8O3/c1-2-3-27-53-41-38(42(55)51-44(53)57)49-39(50-41)36(28-31-15-13-14-22-37(31)46)30-23-25-35(26-24-30)48-43(56)40-47-29-54(52-40)45(32-16-7-4-8-17-32,33-18-9-5-10-19-33)34-20-11-6-12-21-34/h4-26,29,36H,2-3,27-28H2,1H3,(H,48,56)(H,49,50)(H,51,55,57). The molecule has 8 rings (SSSR count). The van der Waals surface area contributed by atoms with E-state index < -0.39 is 28.6 Å². The topological polar surface area (TPSA) is 143 Å². The summed E-state index contributed by atoms with van der Waals surface area (Å²) in [5.41, 5.74) is 2.89. The molecule has 3 N–H and O–H groups in total. The van der Waals surface area contributed by atoms with E-state index in [2.05, 4.69) is 20.3 Å². The minimum absolute atomic E-state index is 0.0229. The highest BCUT2D eigenvalue weighted by Gasteiger charge is 2.40. The van der Waals surface area contributed by atoms with Crippen molar-refractivity contribution in [1.29, 1.82) is 0 Å². The monoisotopic (exact) mass is 758 g/mol. The maximum atomic E-state index is 15.0. The van der Waals surface area contributed by atoms with E-state index in [9.17, 15) is 14.4 Å². The Kier molecular flexibility index (Phi) is 10.2. The first-order chi connectivity index (χ1) is 27.9. The van der Waals surface area contributed by atoms with Gasteiger partial charge < -0.3 is 10.3 Å². The Hall–Kier alpha value is -7.21. The van der Waals surface area contributed by atoms with Crippen molar-refractivity contribution in [1.82, 2.24) is 34.3 Å². The van der Waals surface area contributed by atoms with Gasteiger partial charge in [0.05, 0.1) is 0 Å². The average molecular weight is 759 g/mol. The molecule has 284 valence electrons. The van der Waals surface area contributed by atoms with Crippen molar-refractivity contribution < 1.29 is 9.18 Å². The summed E-state index contributed by atoms with van der Waals surface area (Å²) in [4.78, 5) is 54.2. The number of H-pyrrole nitrogens is 2. The molecule has 0 aliphatic rings. The number of rotatable bonds is 13. The second kappa shape index (κ2) is 15.9. The molecule has 0 fully saturated rings. The quantitative estimate of drug-likeness (QED) is 0.105. The first kappa shape index (κ1) is 36.8. The van der Waals surface area contributed by atoms with Crippen molar-refractivity contribution in [3.05, 3.63) is 212 Å². The molecule has 0 bridgehead atoms. The van der Waals surface area contributed by atoms with E-state index in [-0.39, 0.29) is 29.2 Å². The summed E-state index contributed by atoms with van der Waals surface area (Å²) in [6.07, 6.45) is 3.36. The van der Waals surface area contributed by atoms with E-state index in [4.69, 9.17) is 10.1 Å². The fourth-order valence-electron chi connectivity index (χ4n) is 7.45.